The Hall–Kier alpha value is -0.260. The van der Waals surface area contributed by atoms with Crippen molar-refractivity contribution in [3.05, 3.63) is 11.1 Å². The molecule has 0 aromatic heterocycles. The van der Waals surface area contributed by atoms with Crippen molar-refractivity contribution in [2.45, 2.75) is 72.6 Å². The minimum Gasteiger partial charge on any atom is -0.0710 e. The molecule has 0 aromatic carbocycles. The molecule has 0 aromatic rings. The fourth-order valence-electron chi connectivity index (χ4n) is 2.70. The summed E-state index contributed by atoms with van der Waals surface area (Å²) in [5.41, 5.74) is 4.27. The highest BCUT2D eigenvalue weighted by molar-refractivity contribution is 5.21. The van der Waals surface area contributed by atoms with E-state index >= 15 is 0 Å². The smallest absolute Gasteiger partial charge is 0.0266 e. The van der Waals surface area contributed by atoms with Crippen LogP contribution in [-0.2, 0) is 0 Å². The van der Waals surface area contributed by atoms with Gasteiger partial charge < -0.3 is 0 Å². The van der Waals surface area contributed by atoms with E-state index in [0.717, 1.165) is 0 Å². The molecule has 0 unspecified atom stereocenters. The van der Waals surface area contributed by atoms with Crippen LogP contribution in [0.1, 0.15) is 72.6 Å². The predicted octanol–water partition coefficient (Wildman–Crippen LogP) is 5.09. The van der Waals surface area contributed by atoms with E-state index in [1.165, 1.54) is 44.9 Å². The van der Waals surface area contributed by atoms with Crippen LogP contribution in [0.3, 0.4) is 0 Å². The van der Waals surface area contributed by atoms with Crippen molar-refractivity contribution >= 4 is 0 Å². The Balaban J connectivity index is 0.000000461. The van der Waals surface area contributed by atoms with Crippen LogP contribution in [0.15, 0.2) is 11.1 Å². The second-order valence-corrected chi connectivity index (χ2v) is 5.26. The first-order chi connectivity index (χ1) is 6.67. The Morgan fingerprint density at radius 2 is 1.43 bits per heavy atom. The van der Waals surface area contributed by atoms with Gasteiger partial charge in [-0.05, 0) is 50.4 Å². The van der Waals surface area contributed by atoms with Gasteiger partial charge in [0.05, 0.1) is 0 Å². The molecule has 0 amide bonds. The van der Waals surface area contributed by atoms with E-state index in [1.54, 1.807) is 0 Å². The molecule has 2 rings (SSSR count). The summed E-state index contributed by atoms with van der Waals surface area (Å²) in [5, 5.41) is 0. The average molecular weight is 194 g/mol. The van der Waals surface area contributed by atoms with Crippen LogP contribution >= 0.6 is 0 Å². The second kappa shape index (κ2) is 5.00. The number of rotatable bonds is 0. The molecule has 0 heteroatoms. The zero-order chi connectivity index (χ0) is 10.6. The normalized spacial score (nSPS) is 24.9. The van der Waals surface area contributed by atoms with Crippen molar-refractivity contribution in [3.63, 3.8) is 0 Å². The summed E-state index contributed by atoms with van der Waals surface area (Å²) < 4.78 is 0. The van der Waals surface area contributed by atoms with Gasteiger partial charge >= 0.3 is 0 Å². The van der Waals surface area contributed by atoms with Crippen LogP contribution < -0.4 is 0 Å². The lowest BCUT2D eigenvalue weighted by molar-refractivity contribution is 0.299. The Labute approximate surface area is 89.8 Å². The first kappa shape index (κ1) is 11.8. The van der Waals surface area contributed by atoms with Crippen LogP contribution in [-0.4, -0.2) is 0 Å². The van der Waals surface area contributed by atoms with Crippen LogP contribution in [0.4, 0.5) is 0 Å². The number of allylic oxidation sites excluding steroid dienone is 2. The summed E-state index contributed by atoms with van der Waals surface area (Å²) in [7, 11) is 0. The molecule has 14 heavy (non-hydrogen) atoms. The van der Waals surface area contributed by atoms with Crippen molar-refractivity contribution in [1.82, 2.24) is 0 Å². The summed E-state index contributed by atoms with van der Waals surface area (Å²) >= 11 is 0. The standard InChI is InChI=1S/C12H20.C2H6/c1-12(2)8-7-10-5-3-4-6-11(10)9-12;1-2/h3-9H2,1-2H3;1-2H3. The van der Waals surface area contributed by atoms with Gasteiger partial charge in [-0.25, -0.2) is 0 Å². The lowest BCUT2D eigenvalue weighted by Crippen LogP contribution is -2.20. The fourth-order valence-corrected chi connectivity index (χ4v) is 2.70. The van der Waals surface area contributed by atoms with Crippen LogP contribution in [0.2, 0.25) is 0 Å². The molecule has 2 aliphatic carbocycles. The van der Waals surface area contributed by atoms with E-state index in [1.807, 2.05) is 25.0 Å². The number of hydrogen-bond donors (Lipinski definition) is 0. The van der Waals surface area contributed by atoms with Crippen molar-refractivity contribution in [1.29, 1.82) is 0 Å². The topological polar surface area (TPSA) is 0 Å². The van der Waals surface area contributed by atoms with Crippen molar-refractivity contribution in [2.75, 3.05) is 0 Å². The Kier molecular flexibility index (Phi) is 4.22. The third-order valence-electron chi connectivity index (χ3n) is 3.50. The zero-order valence-electron chi connectivity index (χ0n) is 10.4. The lowest BCUT2D eigenvalue weighted by atomic mass is 9.70. The van der Waals surface area contributed by atoms with Gasteiger partial charge in [-0.1, -0.05) is 38.8 Å². The molecule has 0 aliphatic heterocycles. The molecule has 82 valence electrons. The minimum absolute atomic E-state index is 0.607. The largest absolute Gasteiger partial charge is 0.0710 e. The van der Waals surface area contributed by atoms with Gasteiger partial charge in [0, 0.05) is 0 Å². The molecule has 0 heterocycles. The highest BCUT2D eigenvalue weighted by Gasteiger charge is 2.27. The molecule has 0 saturated carbocycles. The average Bonchev–Trinajstić information content (AvgIpc) is 2.19. The molecule has 0 nitrogen and oxygen atoms in total. The molecule has 0 fully saturated rings. The van der Waals surface area contributed by atoms with E-state index in [0.29, 0.717) is 5.41 Å². The third-order valence-corrected chi connectivity index (χ3v) is 3.50. The van der Waals surface area contributed by atoms with E-state index in [4.69, 9.17) is 0 Å². The zero-order valence-corrected chi connectivity index (χ0v) is 10.4. The predicted molar refractivity (Wildman–Crippen MR) is 64.5 cm³/mol. The fraction of sp³-hybridized carbons (Fsp3) is 0.857. The summed E-state index contributed by atoms with van der Waals surface area (Å²) in [5.74, 6) is 0. The summed E-state index contributed by atoms with van der Waals surface area (Å²) in [4.78, 5) is 0. The lowest BCUT2D eigenvalue weighted by Gasteiger charge is -2.35. The van der Waals surface area contributed by atoms with Crippen LogP contribution in [0, 0.1) is 5.41 Å². The van der Waals surface area contributed by atoms with E-state index in [2.05, 4.69) is 13.8 Å². The summed E-state index contributed by atoms with van der Waals surface area (Å²) in [6.07, 6.45) is 9.97. The second-order valence-electron chi connectivity index (χ2n) is 5.26. The highest BCUT2D eigenvalue weighted by Crippen LogP contribution is 2.43. The Morgan fingerprint density at radius 3 is 2.07 bits per heavy atom. The quantitative estimate of drug-likeness (QED) is 0.471. The SMILES string of the molecule is CC.CC1(C)CCC2=C(CCCC2)C1. The van der Waals surface area contributed by atoms with Crippen molar-refractivity contribution in [2.24, 2.45) is 5.41 Å². The van der Waals surface area contributed by atoms with Crippen LogP contribution in [0.5, 0.6) is 0 Å². The summed E-state index contributed by atoms with van der Waals surface area (Å²) in [6, 6.07) is 0. The van der Waals surface area contributed by atoms with Crippen LogP contribution in [0.25, 0.3) is 0 Å². The van der Waals surface area contributed by atoms with Gasteiger partial charge in [0.25, 0.3) is 0 Å². The molecular weight excluding hydrogens is 168 g/mol. The summed E-state index contributed by atoms with van der Waals surface area (Å²) in [6.45, 7) is 8.84. The Morgan fingerprint density at radius 1 is 0.857 bits per heavy atom. The molecule has 0 N–H and O–H groups in total. The van der Waals surface area contributed by atoms with E-state index < -0.39 is 0 Å². The third kappa shape index (κ3) is 2.87. The van der Waals surface area contributed by atoms with Crippen molar-refractivity contribution < 1.29 is 0 Å². The molecular formula is C14H26. The molecule has 0 spiro atoms. The van der Waals surface area contributed by atoms with Gasteiger partial charge in [0.1, 0.15) is 0 Å². The minimum atomic E-state index is 0.607. The van der Waals surface area contributed by atoms with Gasteiger partial charge in [-0.15, -0.1) is 0 Å². The maximum Gasteiger partial charge on any atom is -0.0266 e. The van der Waals surface area contributed by atoms with Crippen molar-refractivity contribution in [3.8, 4) is 0 Å². The first-order valence-corrected chi connectivity index (χ1v) is 6.37. The molecule has 0 atom stereocenters. The molecule has 0 radical (unpaired) electrons. The number of hydrogen-bond acceptors (Lipinski definition) is 0. The van der Waals surface area contributed by atoms with Gasteiger partial charge in [-0.2, -0.15) is 0 Å². The first-order valence-electron chi connectivity index (χ1n) is 6.37. The molecule has 2 aliphatic rings. The molecule has 0 saturated heterocycles. The maximum absolute atomic E-state index is 2.42. The Bertz CT molecular complexity index is 208. The van der Waals surface area contributed by atoms with Gasteiger partial charge in [0.2, 0.25) is 0 Å². The highest BCUT2D eigenvalue weighted by atomic mass is 14.3. The van der Waals surface area contributed by atoms with E-state index in [-0.39, 0.29) is 0 Å². The van der Waals surface area contributed by atoms with E-state index in [9.17, 15) is 0 Å². The molecule has 0 bridgehead atoms. The maximum atomic E-state index is 2.42. The van der Waals surface area contributed by atoms with Gasteiger partial charge in [-0.3, -0.25) is 0 Å². The monoisotopic (exact) mass is 194 g/mol. The van der Waals surface area contributed by atoms with Gasteiger partial charge in [0.15, 0.2) is 0 Å².